The number of carbonyl (C=O) groups is 9. The van der Waals surface area contributed by atoms with E-state index in [0.717, 1.165) is 76.3 Å². The third-order valence-electron chi connectivity index (χ3n) is 16.1. The van der Waals surface area contributed by atoms with Gasteiger partial charge < -0.3 is 78.8 Å². The number of nitrogens with two attached hydrogens (primary N) is 1. The molecular formula is C66H102I2N18O19S2Si. The molecule has 4 unspecified atom stereocenters. The first-order chi connectivity index (χ1) is 49.6. The summed E-state index contributed by atoms with van der Waals surface area (Å²) < 4.78 is 44.7. The SMILES string of the molecule is COC(=O)C1Cc2nc(I)[nH]c2CN1C(=O)OC(C)(C)C.COC(=O)C1Cc2nc[nH]c2CN1.COC(=O)C1Cc2nc[nH]c2CN1C(=O)OC(C)(C)C.COC(=O)[C@@H]1Cc2nc(I)n(COCC[Si](C)(C)C)c2CN1C(=O)OC(C)(C)C.N[C@@H](Cc1cnc[nH]1)C(=O)O.O=C(O)C1Cc2nc[nH]c2CN1.S.S. The minimum absolute atomic E-state index is 0. The molecule has 11 heterocycles. The predicted octanol–water partition coefficient (Wildman–Crippen LogP) is 5.42. The summed E-state index contributed by atoms with van der Waals surface area (Å²) in [7, 11) is 4.15. The fraction of sp³-hybridized carbons (Fsp3) is 0.591. The van der Waals surface area contributed by atoms with Crippen LogP contribution in [0, 0.1) is 7.66 Å². The van der Waals surface area contributed by atoms with Crippen LogP contribution in [0.4, 0.5) is 14.4 Å². The van der Waals surface area contributed by atoms with Gasteiger partial charge in [-0.05, 0) is 90.9 Å². The number of halogens is 2. The number of hydrogen-bond donors (Lipinski definition) is 10. The average Bonchev–Trinajstić information content (AvgIpc) is 1.60. The zero-order valence-electron chi connectivity index (χ0n) is 63.4. The number of hydrogen-bond acceptors (Lipinski definition) is 26. The van der Waals surface area contributed by atoms with E-state index < -0.39 is 103 Å². The van der Waals surface area contributed by atoms with Crippen LogP contribution in [0.15, 0.2) is 31.5 Å². The van der Waals surface area contributed by atoms with Crippen LogP contribution in [0.3, 0.4) is 0 Å². The molecule has 0 spiro atoms. The second-order valence-electron chi connectivity index (χ2n) is 28.9. The molecule has 37 nitrogen and oxygen atoms in total. The lowest BCUT2D eigenvalue weighted by Gasteiger charge is -2.35. The second kappa shape index (κ2) is 41.2. The van der Waals surface area contributed by atoms with Crippen molar-refractivity contribution in [2.45, 2.75) is 219 Å². The average molecular weight is 1800 g/mol. The van der Waals surface area contributed by atoms with Gasteiger partial charge >= 0.3 is 54.1 Å². The van der Waals surface area contributed by atoms with E-state index in [1.807, 2.05) is 4.57 Å². The molecule has 600 valence electrons. The van der Waals surface area contributed by atoms with Gasteiger partial charge in [0, 0.05) is 101 Å². The normalized spacial score (nSPS) is 17.8. The first-order valence-electron chi connectivity index (χ1n) is 33.7. The molecular weight excluding hydrogens is 1690 g/mol. The maximum atomic E-state index is 12.8. The number of nitrogens with zero attached hydrogens (tertiary/aromatic N) is 10. The summed E-state index contributed by atoms with van der Waals surface area (Å²) in [6.45, 7) is 26.0. The number of rotatable bonds is 13. The van der Waals surface area contributed by atoms with Crippen LogP contribution in [0.25, 0.3) is 0 Å². The number of aromatic nitrogens is 12. The maximum absolute atomic E-state index is 12.8. The summed E-state index contributed by atoms with van der Waals surface area (Å²) in [5, 5.41) is 23.1. The second-order valence-corrected chi connectivity index (χ2v) is 36.5. The molecule has 0 saturated carbocycles. The van der Waals surface area contributed by atoms with E-state index in [0.29, 0.717) is 58.5 Å². The Hall–Kier alpha value is -7.89. The van der Waals surface area contributed by atoms with Gasteiger partial charge in [0.1, 0.15) is 59.8 Å². The number of ether oxygens (including phenoxy) is 8. The lowest BCUT2D eigenvalue weighted by Crippen LogP contribution is -2.51. The topological polar surface area (TPSA) is 489 Å². The van der Waals surface area contributed by atoms with Crippen LogP contribution in [0.1, 0.15) is 125 Å². The Morgan fingerprint density at radius 2 is 0.991 bits per heavy atom. The number of aromatic amines is 5. The summed E-state index contributed by atoms with van der Waals surface area (Å²) in [4.78, 5) is 149. The first-order valence-corrected chi connectivity index (χ1v) is 39.5. The van der Waals surface area contributed by atoms with E-state index in [2.05, 4.69) is 135 Å². The molecule has 11 rings (SSSR count). The van der Waals surface area contributed by atoms with Crippen molar-refractivity contribution in [3.8, 4) is 0 Å². The number of methoxy groups -OCH3 is 4. The molecule has 0 bridgehead atoms. The monoisotopic (exact) mass is 1800 g/mol. The summed E-state index contributed by atoms with van der Waals surface area (Å²) in [5.74, 6) is -3.46. The maximum Gasteiger partial charge on any atom is 0.411 e. The number of carboxylic acids is 2. The van der Waals surface area contributed by atoms with E-state index in [1.165, 1.54) is 49.5 Å². The van der Waals surface area contributed by atoms with Crippen molar-refractivity contribution in [1.82, 2.24) is 84.7 Å². The lowest BCUT2D eigenvalue weighted by molar-refractivity contribution is -0.148. The molecule has 0 aliphatic carbocycles. The highest BCUT2D eigenvalue weighted by molar-refractivity contribution is 14.1. The molecule has 0 aromatic carbocycles. The number of carbonyl (C=O) groups excluding carboxylic acids is 7. The van der Waals surface area contributed by atoms with Crippen molar-refractivity contribution in [3.63, 3.8) is 0 Å². The van der Waals surface area contributed by atoms with E-state index in [9.17, 15) is 43.2 Å². The Balaban J connectivity index is 0.000000281. The highest BCUT2D eigenvalue weighted by atomic mass is 127. The zero-order chi connectivity index (χ0) is 78.8. The number of esters is 4. The highest BCUT2D eigenvalue weighted by Crippen LogP contribution is 2.30. The van der Waals surface area contributed by atoms with Crippen molar-refractivity contribution in [2.75, 3.05) is 35.0 Å². The third kappa shape index (κ3) is 27.9. The molecule has 42 heteroatoms. The van der Waals surface area contributed by atoms with Gasteiger partial charge in [0.25, 0.3) is 0 Å². The van der Waals surface area contributed by atoms with Gasteiger partial charge in [-0.25, -0.2) is 58.7 Å². The van der Waals surface area contributed by atoms with Gasteiger partial charge in [-0.15, -0.1) is 0 Å². The van der Waals surface area contributed by atoms with Crippen LogP contribution in [0.5, 0.6) is 0 Å². The Kier molecular flexibility index (Phi) is 35.3. The van der Waals surface area contributed by atoms with E-state index >= 15 is 0 Å². The van der Waals surface area contributed by atoms with Crippen molar-refractivity contribution in [2.24, 2.45) is 5.73 Å². The number of aliphatic carboxylic acids is 2. The Morgan fingerprint density at radius 3 is 1.43 bits per heavy atom. The third-order valence-corrected chi connectivity index (χ3v) is 19.1. The lowest BCUT2D eigenvalue weighted by atomic mass is 10.0. The number of carboxylic acid groups (broad SMARTS) is 2. The number of amides is 3. The molecule has 5 aliphatic rings. The quantitative estimate of drug-likeness (QED) is 0.0227. The van der Waals surface area contributed by atoms with Gasteiger partial charge in [-0.2, -0.15) is 27.0 Å². The molecule has 0 radical (unpaired) electrons. The number of fused-ring (bicyclic) bond motifs is 5. The van der Waals surface area contributed by atoms with Gasteiger partial charge in [-0.1, -0.05) is 19.6 Å². The predicted molar refractivity (Wildman–Crippen MR) is 417 cm³/mol. The Bertz CT molecular complexity index is 3970. The summed E-state index contributed by atoms with van der Waals surface area (Å²) >= 11 is 4.22. The summed E-state index contributed by atoms with van der Waals surface area (Å²) in [6, 6.07) is -2.68. The Labute approximate surface area is 667 Å². The number of nitrogens with one attached hydrogen (secondary N) is 7. The van der Waals surface area contributed by atoms with Crippen molar-refractivity contribution in [3.05, 3.63) is 102 Å². The first kappa shape index (κ1) is 92.5. The number of H-pyrrole nitrogens is 5. The highest BCUT2D eigenvalue weighted by Gasteiger charge is 2.43. The van der Waals surface area contributed by atoms with Crippen LogP contribution in [-0.4, -0.2) is 235 Å². The minimum atomic E-state index is -1.17. The van der Waals surface area contributed by atoms with Crippen LogP contribution >= 0.6 is 72.2 Å². The molecule has 108 heavy (non-hydrogen) atoms. The largest absolute Gasteiger partial charge is 0.480 e. The molecule has 0 fully saturated rings. The van der Waals surface area contributed by atoms with Gasteiger partial charge in [0.2, 0.25) is 0 Å². The zero-order valence-corrected chi connectivity index (χ0v) is 70.7. The van der Waals surface area contributed by atoms with E-state index in [1.54, 1.807) is 87.5 Å². The van der Waals surface area contributed by atoms with Gasteiger partial charge in [-0.3, -0.25) is 44.3 Å². The van der Waals surface area contributed by atoms with Crippen molar-refractivity contribution >= 4 is 134 Å². The van der Waals surface area contributed by atoms with Gasteiger partial charge in [0.05, 0.1) is 130 Å². The van der Waals surface area contributed by atoms with Crippen LogP contribution < -0.4 is 16.4 Å². The standard InChI is InChI=1S/C19H32IN3O5Si.C13H18IN3O4.C13H19N3O4.C8H11N3O2.C7H9N3O2.C6H9N3O2.2H2S/c1-19(2,3)28-18(25)22-11-15-13(10-14(22)16(24)26-4)21-17(20)23(15)12-27-8-9-29(5,6)7;1-13(2,3)21-12(19)17-6-8-7(15-11(14)16-8)5-9(17)10(18)20-4;1-13(2,3)20-12(18)16-6-9-8(14-7-15-9)5-10(16)11(17)19-4;1-13-8(12)6-2-5-7(3-9-6)11-4-10-5;11-7(12)5-1-4-6(2-8-5)10-3-9-4;7-5(6(10)11)1-4-2-8-3-9-4;;/h14H,8-12H2,1-7H3;9H,5-6H2,1-4H3,(H,15,16);7,10H,5-6H2,1-4H3,(H,14,15);4,6,9H,2-3H2,1H3,(H,10,11);3,5,8H,1-2H2,(H,9,10)(H,11,12);2-3,5H,1,7H2,(H,8,9)(H,10,11);2*1H2/t14-;;;;;5-;;/m0....0../s1. The van der Waals surface area contributed by atoms with Crippen LogP contribution in [0.2, 0.25) is 25.7 Å². The van der Waals surface area contributed by atoms with E-state index in [-0.39, 0.29) is 65.1 Å². The Morgan fingerprint density at radius 1 is 0.565 bits per heavy atom. The van der Waals surface area contributed by atoms with Gasteiger partial charge in [0.15, 0.2) is 7.66 Å². The smallest absolute Gasteiger partial charge is 0.411 e. The van der Waals surface area contributed by atoms with Crippen LogP contribution in [-0.2, 0) is 145 Å². The molecule has 5 aliphatic heterocycles. The van der Waals surface area contributed by atoms with Crippen molar-refractivity contribution in [1.29, 1.82) is 0 Å². The molecule has 0 saturated heterocycles. The molecule has 6 aromatic heterocycles. The molecule has 11 N–H and O–H groups in total. The van der Waals surface area contributed by atoms with Crippen molar-refractivity contribution < 1.29 is 91.3 Å². The fourth-order valence-corrected chi connectivity index (χ4v) is 12.8. The molecule has 3 amide bonds. The summed E-state index contributed by atoms with van der Waals surface area (Å²) in [5.41, 5.74) is 12.8. The molecule has 6 aromatic rings. The minimum Gasteiger partial charge on any atom is -0.480 e. The summed E-state index contributed by atoms with van der Waals surface area (Å²) in [6.07, 6.45) is 8.52. The molecule has 6 atom stereocenters. The fourth-order valence-electron chi connectivity index (χ4n) is 10.7. The number of imidazole rings is 6. The van der Waals surface area contributed by atoms with E-state index in [4.69, 9.17) is 49.1 Å².